The van der Waals surface area contributed by atoms with Crippen molar-refractivity contribution in [3.63, 3.8) is 0 Å². The summed E-state index contributed by atoms with van der Waals surface area (Å²) in [5.74, 6) is -1.01. The van der Waals surface area contributed by atoms with E-state index in [9.17, 15) is 19.2 Å². The zero-order chi connectivity index (χ0) is 25.1. The predicted molar refractivity (Wildman–Crippen MR) is 127 cm³/mol. The molecule has 1 aliphatic carbocycles. The van der Waals surface area contributed by atoms with Gasteiger partial charge in [0.2, 0.25) is 11.8 Å². The van der Waals surface area contributed by atoms with Gasteiger partial charge in [0.15, 0.2) is 6.61 Å². The zero-order valence-corrected chi connectivity index (χ0v) is 19.9. The number of rotatable bonds is 7. The van der Waals surface area contributed by atoms with Crippen LogP contribution in [0.4, 0.5) is 11.4 Å². The van der Waals surface area contributed by atoms with E-state index in [-0.39, 0.29) is 29.2 Å². The maximum atomic E-state index is 13.0. The van der Waals surface area contributed by atoms with Crippen molar-refractivity contribution in [1.82, 2.24) is 0 Å². The van der Waals surface area contributed by atoms with Gasteiger partial charge in [0.05, 0.1) is 43.0 Å². The molecule has 0 unspecified atom stereocenters. The third kappa shape index (κ3) is 4.99. The van der Waals surface area contributed by atoms with Gasteiger partial charge in [-0.3, -0.25) is 19.3 Å². The van der Waals surface area contributed by atoms with Crippen LogP contribution in [0.5, 0.6) is 11.5 Å². The molecule has 2 aliphatic rings. The Morgan fingerprint density at radius 2 is 1.77 bits per heavy atom. The first-order chi connectivity index (χ1) is 16.8. The third-order valence-corrected chi connectivity index (χ3v) is 6.54. The number of imide groups is 1. The molecule has 2 fully saturated rings. The molecule has 0 bridgehead atoms. The summed E-state index contributed by atoms with van der Waals surface area (Å²) in [4.78, 5) is 52.1. The number of benzene rings is 2. The molecule has 1 aliphatic heterocycles. The molecule has 3 amide bonds. The van der Waals surface area contributed by atoms with E-state index in [2.05, 4.69) is 12.2 Å². The lowest BCUT2D eigenvalue weighted by Gasteiger charge is -2.25. The van der Waals surface area contributed by atoms with Crippen LogP contribution in [0.1, 0.15) is 36.5 Å². The normalized spacial score (nSPS) is 21.3. The van der Waals surface area contributed by atoms with Crippen LogP contribution in [0, 0.1) is 17.8 Å². The van der Waals surface area contributed by atoms with Gasteiger partial charge in [-0.15, -0.1) is 0 Å². The molecule has 0 radical (unpaired) electrons. The first-order valence-electron chi connectivity index (χ1n) is 11.5. The van der Waals surface area contributed by atoms with E-state index >= 15 is 0 Å². The molecule has 0 spiro atoms. The minimum absolute atomic E-state index is 0.137. The number of anilines is 2. The van der Waals surface area contributed by atoms with Gasteiger partial charge in [-0.25, -0.2) is 4.79 Å². The van der Waals surface area contributed by atoms with Crippen molar-refractivity contribution >= 4 is 35.1 Å². The SMILES string of the molecule is COc1ccc(OC)c(NC(=O)COC(=O)c2cccc(N3C(=O)[C@@H]4CC[C@H](C)C[C@H]4C3=O)c2)c1. The van der Waals surface area contributed by atoms with Crippen molar-refractivity contribution in [2.75, 3.05) is 31.0 Å². The molecule has 1 saturated heterocycles. The molecule has 9 nitrogen and oxygen atoms in total. The lowest BCUT2D eigenvalue weighted by Crippen LogP contribution is -2.31. The number of esters is 1. The molecule has 0 aromatic heterocycles. The lowest BCUT2D eigenvalue weighted by molar-refractivity contribution is -0.122. The molecular weight excluding hydrogens is 452 g/mol. The lowest BCUT2D eigenvalue weighted by atomic mass is 9.76. The number of nitrogens with zero attached hydrogens (tertiary/aromatic N) is 1. The molecule has 2 aromatic rings. The molecule has 2 aromatic carbocycles. The molecule has 3 atom stereocenters. The number of hydrogen-bond acceptors (Lipinski definition) is 7. The Hall–Kier alpha value is -3.88. The molecule has 1 heterocycles. The zero-order valence-electron chi connectivity index (χ0n) is 19.9. The van der Waals surface area contributed by atoms with E-state index < -0.39 is 18.5 Å². The number of methoxy groups -OCH3 is 2. The van der Waals surface area contributed by atoms with Crippen molar-refractivity contribution in [1.29, 1.82) is 0 Å². The highest BCUT2D eigenvalue weighted by Crippen LogP contribution is 2.42. The Morgan fingerprint density at radius 3 is 2.51 bits per heavy atom. The maximum Gasteiger partial charge on any atom is 0.338 e. The Labute approximate surface area is 203 Å². The van der Waals surface area contributed by atoms with Gasteiger partial charge in [0, 0.05) is 6.07 Å². The van der Waals surface area contributed by atoms with Crippen LogP contribution in [-0.4, -0.2) is 44.5 Å². The second kappa shape index (κ2) is 10.2. The van der Waals surface area contributed by atoms with Gasteiger partial charge in [0.1, 0.15) is 11.5 Å². The molecule has 184 valence electrons. The summed E-state index contributed by atoms with van der Waals surface area (Å²) in [5, 5.41) is 2.62. The summed E-state index contributed by atoms with van der Waals surface area (Å²) in [6, 6.07) is 11.1. The fourth-order valence-corrected chi connectivity index (χ4v) is 4.73. The molecule has 1 saturated carbocycles. The van der Waals surface area contributed by atoms with E-state index in [4.69, 9.17) is 14.2 Å². The molecule has 1 N–H and O–H groups in total. The van der Waals surface area contributed by atoms with Crippen LogP contribution < -0.4 is 19.7 Å². The van der Waals surface area contributed by atoms with Crippen molar-refractivity contribution in [3.05, 3.63) is 48.0 Å². The highest BCUT2D eigenvalue weighted by Gasteiger charge is 2.50. The first-order valence-corrected chi connectivity index (χ1v) is 11.5. The maximum absolute atomic E-state index is 13.0. The average molecular weight is 481 g/mol. The van der Waals surface area contributed by atoms with Gasteiger partial charge in [-0.05, 0) is 55.5 Å². The number of amides is 3. The number of fused-ring (bicyclic) bond motifs is 1. The fraction of sp³-hybridized carbons (Fsp3) is 0.385. The van der Waals surface area contributed by atoms with Gasteiger partial charge in [-0.1, -0.05) is 13.0 Å². The Kier molecular flexibility index (Phi) is 7.04. The van der Waals surface area contributed by atoms with Crippen LogP contribution in [0.15, 0.2) is 42.5 Å². The van der Waals surface area contributed by atoms with E-state index in [1.54, 1.807) is 30.3 Å². The van der Waals surface area contributed by atoms with Crippen molar-refractivity contribution in [3.8, 4) is 11.5 Å². The number of hydrogen-bond donors (Lipinski definition) is 1. The monoisotopic (exact) mass is 480 g/mol. The third-order valence-electron chi connectivity index (χ3n) is 6.54. The summed E-state index contributed by atoms with van der Waals surface area (Å²) in [6.45, 7) is 1.56. The summed E-state index contributed by atoms with van der Waals surface area (Å²) < 4.78 is 15.5. The minimum atomic E-state index is -0.746. The fourth-order valence-electron chi connectivity index (χ4n) is 4.73. The van der Waals surface area contributed by atoms with E-state index in [1.165, 1.54) is 31.3 Å². The Bertz CT molecular complexity index is 1160. The molecule has 35 heavy (non-hydrogen) atoms. The van der Waals surface area contributed by atoms with Gasteiger partial charge < -0.3 is 19.5 Å². The van der Waals surface area contributed by atoms with Crippen LogP contribution in [-0.2, 0) is 19.1 Å². The van der Waals surface area contributed by atoms with Gasteiger partial charge in [-0.2, -0.15) is 0 Å². The van der Waals surface area contributed by atoms with Gasteiger partial charge in [0.25, 0.3) is 5.91 Å². The minimum Gasteiger partial charge on any atom is -0.497 e. The van der Waals surface area contributed by atoms with Gasteiger partial charge >= 0.3 is 5.97 Å². The number of ether oxygens (including phenoxy) is 3. The number of carbonyl (C=O) groups is 4. The largest absolute Gasteiger partial charge is 0.497 e. The second-order valence-corrected chi connectivity index (χ2v) is 8.88. The predicted octanol–water partition coefficient (Wildman–Crippen LogP) is 3.42. The molecular formula is C26H28N2O7. The smallest absolute Gasteiger partial charge is 0.338 e. The first kappa shape index (κ1) is 24.3. The summed E-state index contributed by atoms with van der Waals surface area (Å²) in [5.41, 5.74) is 0.844. The van der Waals surface area contributed by atoms with E-state index in [0.29, 0.717) is 41.6 Å². The number of carbonyl (C=O) groups excluding carboxylic acids is 4. The van der Waals surface area contributed by atoms with Crippen LogP contribution in [0.25, 0.3) is 0 Å². The van der Waals surface area contributed by atoms with Crippen LogP contribution in [0.2, 0.25) is 0 Å². The van der Waals surface area contributed by atoms with E-state index in [1.807, 2.05) is 0 Å². The van der Waals surface area contributed by atoms with Crippen molar-refractivity contribution < 1.29 is 33.4 Å². The number of nitrogens with one attached hydrogen (secondary N) is 1. The van der Waals surface area contributed by atoms with Crippen LogP contribution in [0.3, 0.4) is 0 Å². The highest BCUT2D eigenvalue weighted by molar-refractivity contribution is 6.22. The van der Waals surface area contributed by atoms with Crippen molar-refractivity contribution in [2.45, 2.75) is 26.2 Å². The second-order valence-electron chi connectivity index (χ2n) is 8.88. The Balaban J connectivity index is 1.41. The summed E-state index contributed by atoms with van der Waals surface area (Å²) in [6.07, 6.45) is 2.31. The highest BCUT2D eigenvalue weighted by atomic mass is 16.5. The summed E-state index contributed by atoms with van der Waals surface area (Å²) in [7, 11) is 2.97. The topological polar surface area (TPSA) is 111 Å². The van der Waals surface area contributed by atoms with E-state index in [0.717, 1.165) is 6.42 Å². The average Bonchev–Trinajstić information content (AvgIpc) is 3.11. The molecule has 9 heteroatoms. The standard InChI is InChI=1S/C26H28N2O7/c1-15-7-9-19-20(11-15)25(31)28(24(19)30)17-6-4-5-16(12-17)26(32)35-14-23(29)27-21-13-18(33-2)8-10-22(21)34-3/h4-6,8,10,12-13,15,19-20H,7,9,11,14H2,1-3H3,(H,27,29)/t15-,19+,20+/m0/s1. The Morgan fingerprint density at radius 1 is 1.00 bits per heavy atom. The summed E-state index contributed by atoms with van der Waals surface area (Å²) >= 11 is 0. The van der Waals surface area contributed by atoms with Crippen LogP contribution >= 0.6 is 0 Å². The molecule has 4 rings (SSSR count). The quantitative estimate of drug-likeness (QED) is 0.477. The van der Waals surface area contributed by atoms with Crippen molar-refractivity contribution in [2.24, 2.45) is 17.8 Å².